The Bertz CT molecular complexity index is 837. The number of nitrogens with one attached hydrogen (secondary N) is 1. The highest BCUT2D eigenvalue weighted by Gasteiger charge is 2.32. The lowest BCUT2D eigenvalue weighted by Crippen LogP contribution is -2.37. The lowest BCUT2D eigenvalue weighted by molar-refractivity contribution is -0.274. The molecule has 24 heavy (non-hydrogen) atoms. The largest absolute Gasteiger partial charge is 0.573 e. The second-order valence-electron chi connectivity index (χ2n) is 5.94. The van der Waals surface area contributed by atoms with Crippen molar-refractivity contribution in [1.82, 2.24) is 9.29 Å². The van der Waals surface area contributed by atoms with Crippen molar-refractivity contribution < 1.29 is 26.3 Å². The molecular formula is C15H17F3N2O3S. The van der Waals surface area contributed by atoms with Crippen LogP contribution < -0.4 is 4.74 Å². The zero-order valence-electron chi connectivity index (χ0n) is 12.9. The SMILES string of the molecule is CS(=O)(=O)N1CCC(c2cc(OC(F)(F)F)cc3[nH]ccc23)CC1. The van der Waals surface area contributed by atoms with Crippen LogP contribution in [0.4, 0.5) is 13.2 Å². The van der Waals surface area contributed by atoms with Gasteiger partial charge < -0.3 is 9.72 Å². The summed E-state index contributed by atoms with van der Waals surface area (Å²) < 4.78 is 66.2. The van der Waals surface area contributed by atoms with Gasteiger partial charge in [-0.3, -0.25) is 0 Å². The molecule has 0 amide bonds. The molecule has 1 N–H and O–H groups in total. The zero-order chi connectivity index (χ0) is 17.5. The maximum Gasteiger partial charge on any atom is 0.573 e. The average Bonchev–Trinajstić information content (AvgIpc) is 2.92. The minimum absolute atomic E-state index is 0.0157. The van der Waals surface area contributed by atoms with E-state index >= 15 is 0 Å². The molecule has 5 nitrogen and oxygen atoms in total. The molecule has 0 bridgehead atoms. The van der Waals surface area contributed by atoms with Gasteiger partial charge in [0.1, 0.15) is 5.75 Å². The van der Waals surface area contributed by atoms with Crippen molar-refractivity contribution in [3.8, 4) is 5.75 Å². The van der Waals surface area contributed by atoms with Gasteiger partial charge in [0.25, 0.3) is 0 Å². The molecule has 0 saturated carbocycles. The predicted octanol–water partition coefficient (Wildman–Crippen LogP) is 3.21. The monoisotopic (exact) mass is 362 g/mol. The van der Waals surface area contributed by atoms with Gasteiger partial charge in [0.15, 0.2) is 0 Å². The van der Waals surface area contributed by atoms with Crippen LogP contribution >= 0.6 is 0 Å². The van der Waals surface area contributed by atoms with E-state index in [0.29, 0.717) is 31.4 Å². The number of aromatic nitrogens is 1. The van der Waals surface area contributed by atoms with E-state index in [1.807, 2.05) is 6.07 Å². The van der Waals surface area contributed by atoms with E-state index < -0.39 is 16.4 Å². The number of H-pyrrole nitrogens is 1. The predicted molar refractivity (Wildman–Crippen MR) is 83.4 cm³/mol. The van der Waals surface area contributed by atoms with Gasteiger partial charge in [-0.1, -0.05) is 0 Å². The second kappa shape index (κ2) is 5.96. The Morgan fingerprint density at radius 3 is 2.50 bits per heavy atom. The third kappa shape index (κ3) is 3.67. The maximum absolute atomic E-state index is 12.5. The van der Waals surface area contributed by atoms with Gasteiger partial charge in [-0.05, 0) is 36.5 Å². The molecule has 2 aromatic rings. The number of hydrogen-bond acceptors (Lipinski definition) is 3. The number of hydrogen-bond donors (Lipinski definition) is 1. The fraction of sp³-hybridized carbons (Fsp3) is 0.467. The molecule has 1 aromatic heterocycles. The molecule has 3 rings (SSSR count). The lowest BCUT2D eigenvalue weighted by atomic mass is 9.88. The van der Waals surface area contributed by atoms with E-state index in [0.717, 1.165) is 17.2 Å². The van der Waals surface area contributed by atoms with Gasteiger partial charge in [0.05, 0.1) is 6.26 Å². The number of rotatable bonds is 3. The molecule has 0 unspecified atom stereocenters. The molecule has 9 heteroatoms. The first-order valence-corrected chi connectivity index (χ1v) is 9.30. The van der Waals surface area contributed by atoms with Crippen LogP contribution in [0.25, 0.3) is 10.9 Å². The molecule has 1 aliphatic rings. The van der Waals surface area contributed by atoms with Crippen molar-refractivity contribution in [3.63, 3.8) is 0 Å². The van der Waals surface area contributed by atoms with Crippen LogP contribution in [0.5, 0.6) is 5.75 Å². The molecule has 0 atom stereocenters. The first kappa shape index (κ1) is 17.1. The summed E-state index contributed by atoms with van der Waals surface area (Å²) in [4.78, 5) is 2.90. The number of ether oxygens (including phenoxy) is 1. The molecule has 1 aromatic carbocycles. The number of halogens is 3. The minimum Gasteiger partial charge on any atom is -0.406 e. The van der Waals surface area contributed by atoms with Gasteiger partial charge >= 0.3 is 6.36 Å². The van der Waals surface area contributed by atoms with Gasteiger partial charge in [0, 0.05) is 36.3 Å². The number of fused-ring (bicyclic) bond motifs is 1. The molecular weight excluding hydrogens is 345 g/mol. The summed E-state index contributed by atoms with van der Waals surface area (Å²) in [6.07, 6.45) is -0.810. The highest BCUT2D eigenvalue weighted by molar-refractivity contribution is 7.88. The summed E-state index contributed by atoms with van der Waals surface area (Å²) in [6.45, 7) is 0.722. The first-order chi connectivity index (χ1) is 11.1. The fourth-order valence-electron chi connectivity index (χ4n) is 3.20. The molecule has 0 spiro atoms. The molecule has 132 valence electrons. The van der Waals surface area contributed by atoms with Crippen molar-refractivity contribution in [2.24, 2.45) is 0 Å². The van der Waals surface area contributed by atoms with Crippen molar-refractivity contribution in [2.45, 2.75) is 25.1 Å². The Morgan fingerprint density at radius 2 is 1.92 bits per heavy atom. The standard InChI is InChI=1S/C15H17F3N2O3S/c1-24(21,22)20-6-3-10(4-7-20)13-8-11(23-15(16,17)18)9-14-12(13)2-5-19-14/h2,5,8-10,19H,3-4,6-7H2,1H3. The van der Waals surface area contributed by atoms with E-state index in [2.05, 4.69) is 9.72 Å². The Morgan fingerprint density at radius 1 is 1.25 bits per heavy atom. The van der Waals surface area contributed by atoms with Gasteiger partial charge in [-0.25, -0.2) is 12.7 Å². The van der Waals surface area contributed by atoms with Crippen LogP contribution in [0.3, 0.4) is 0 Å². The van der Waals surface area contributed by atoms with Crippen LogP contribution in [-0.4, -0.2) is 43.4 Å². The van der Waals surface area contributed by atoms with Gasteiger partial charge in [0.2, 0.25) is 10.0 Å². The Hall–Kier alpha value is -1.74. The average molecular weight is 362 g/mol. The van der Waals surface area contributed by atoms with Crippen LogP contribution in [0, 0.1) is 0 Å². The summed E-state index contributed by atoms with van der Waals surface area (Å²) in [5.74, 6) is -0.281. The van der Waals surface area contributed by atoms with Gasteiger partial charge in [-0.15, -0.1) is 13.2 Å². The molecule has 0 radical (unpaired) electrons. The van der Waals surface area contributed by atoms with E-state index in [1.54, 1.807) is 6.20 Å². The van der Waals surface area contributed by atoms with Crippen LogP contribution in [0.2, 0.25) is 0 Å². The Kier molecular flexibility index (Phi) is 4.25. The van der Waals surface area contributed by atoms with Crippen molar-refractivity contribution >= 4 is 20.9 Å². The molecule has 1 saturated heterocycles. The van der Waals surface area contributed by atoms with Crippen LogP contribution in [0.15, 0.2) is 24.4 Å². The second-order valence-corrected chi connectivity index (χ2v) is 7.92. The topological polar surface area (TPSA) is 62.4 Å². The summed E-state index contributed by atoms with van der Waals surface area (Å²) in [5, 5.41) is 0.835. The van der Waals surface area contributed by atoms with Crippen molar-refractivity contribution in [2.75, 3.05) is 19.3 Å². The number of benzene rings is 1. The van der Waals surface area contributed by atoms with Crippen LogP contribution in [0.1, 0.15) is 24.3 Å². The molecule has 1 fully saturated rings. The smallest absolute Gasteiger partial charge is 0.406 e. The Labute approximate surface area is 137 Å². The third-order valence-electron chi connectivity index (χ3n) is 4.27. The lowest BCUT2D eigenvalue weighted by Gasteiger charge is -2.31. The molecule has 0 aliphatic carbocycles. The molecule has 1 aliphatic heterocycles. The van der Waals surface area contributed by atoms with E-state index in [-0.39, 0.29) is 11.7 Å². The number of alkyl halides is 3. The number of nitrogens with zero attached hydrogens (tertiary/aromatic N) is 1. The number of aromatic amines is 1. The van der Waals surface area contributed by atoms with Crippen LogP contribution in [-0.2, 0) is 10.0 Å². The highest BCUT2D eigenvalue weighted by atomic mass is 32.2. The Balaban J connectivity index is 1.90. The first-order valence-electron chi connectivity index (χ1n) is 7.45. The van der Waals surface area contributed by atoms with Crippen molar-refractivity contribution in [1.29, 1.82) is 0 Å². The van der Waals surface area contributed by atoms with E-state index in [1.165, 1.54) is 16.4 Å². The highest BCUT2D eigenvalue weighted by Crippen LogP contribution is 2.37. The summed E-state index contributed by atoms with van der Waals surface area (Å²) in [6, 6.07) is 4.54. The fourth-order valence-corrected chi connectivity index (χ4v) is 4.07. The zero-order valence-corrected chi connectivity index (χ0v) is 13.7. The van der Waals surface area contributed by atoms with Crippen molar-refractivity contribution in [3.05, 3.63) is 30.0 Å². The van der Waals surface area contributed by atoms with Gasteiger partial charge in [-0.2, -0.15) is 0 Å². The summed E-state index contributed by atoms with van der Waals surface area (Å²) >= 11 is 0. The minimum atomic E-state index is -4.75. The number of piperidine rings is 1. The van der Waals surface area contributed by atoms with E-state index in [9.17, 15) is 21.6 Å². The summed E-state index contributed by atoms with van der Waals surface area (Å²) in [5.41, 5.74) is 1.32. The third-order valence-corrected chi connectivity index (χ3v) is 5.57. The van der Waals surface area contributed by atoms with E-state index in [4.69, 9.17) is 0 Å². The molecule has 2 heterocycles. The number of sulfonamides is 1. The maximum atomic E-state index is 12.5. The summed E-state index contributed by atoms with van der Waals surface area (Å²) in [7, 11) is -3.24. The quantitative estimate of drug-likeness (QED) is 0.912. The normalized spacial score (nSPS) is 18.2.